The van der Waals surface area contributed by atoms with Crippen molar-refractivity contribution in [2.24, 2.45) is 0 Å². The van der Waals surface area contributed by atoms with Crippen molar-refractivity contribution in [1.29, 1.82) is 0 Å². The maximum absolute atomic E-state index is 12.1. The van der Waals surface area contributed by atoms with Gasteiger partial charge in [0.05, 0.1) is 11.5 Å². The monoisotopic (exact) mass is 303 g/mol. The summed E-state index contributed by atoms with van der Waals surface area (Å²) in [6, 6.07) is -0.532. The first-order chi connectivity index (χ1) is 9.35. The molecule has 0 aromatic heterocycles. The molecule has 8 heteroatoms. The number of nitrogens with one attached hydrogen (secondary N) is 2. The van der Waals surface area contributed by atoms with Crippen molar-refractivity contribution in [2.45, 2.75) is 38.3 Å². The first kappa shape index (κ1) is 15.1. The molecule has 0 spiro atoms. The molecule has 0 aromatic rings. The molecule has 20 heavy (non-hydrogen) atoms. The van der Waals surface area contributed by atoms with Gasteiger partial charge < -0.3 is 15.5 Å². The maximum Gasteiger partial charge on any atom is 0.317 e. The van der Waals surface area contributed by atoms with E-state index >= 15 is 0 Å². The third kappa shape index (κ3) is 4.09. The SMILES string of the molecule is CC(=O)N[C@@H]1CCCN(C(=O)N[C@@H]2CCS(=O)(=O)C2)C1. The van der Waals surface area contributed by atoms with Crippen molar-refractivity contribution in [3.8, 4) is 0 Å². The smallest absolute Gasteiger partial charge is 0.317 e. The average Bonchev–Trinajstić information content (AvgIpc) is 2.68. The summed E-state index contributed by atoms with van der Waals surface area (Å²) in [5, 5.41) is 5.59. The van der Waals surface area contributed by atoms with Crippen molar-refractivity contribution < 1.29 is 18.0 Å². The van der Waals surface area contributed by atoms with Crippen molar-refractivity contribution in [3.05, 3.63) is 0 Å². The maximum atomic E-state index is 12.1. The molecule has 114 valence electrons. The van der Waals surface area contributed by atoms with Crippen molar-refractivity contribution in [1.82, 2.24) is 15.5 Å². The number of hydrogen-bond donors (Lipinski definition) is 2. The number of rotatable bonds is 2. The molecular formula is C12H21N3O4S. The minimum Gasteiger partial charge on any atom is -0.352 e. The molecule has 7 nitrogen and oxygen atoms in total. The Labute approximate surface area is 119 Å². The molecule has 0 aromatic carbocycles. The van der Waals surface area contributed by atoms with Crippen LogP contribution in [0.2, 0.25) is 0 Å². The number of urea groups is 1. The van der Waals surface area contributed by atoms with Crippen molar-refractivity contribution in [3.63, 3.8) is 0 Å². The number of sulfone groups is 1. The van der Waals surface area contributed by atoms with Gasteiger partial charge in [-0.3, -0.25) is 4.79 Å². The van der Waals surface area contributed by atoms with Crippen LogP contribution in [0.3, 0.4) is 0 Å². The Morgan fingerprint density at radius 1 is 1.15 bits per heavy atom. The van der Waals surface area contributed by atoms with Crippen LogP contribution in [0.1, 0.15) is 26.2 Å². The molecule has 0 unspecified atom stereocenters. The van der Waals surface area contributed by atoms with Crippen LogP contribution in [0.25, 0.3) is 0 Å². The van der Waals surface area contributed by atoms with Gasteiger partial charge >= 0.3 is 6.03 Å². The van der Waals surface area contributed by atoms with Crippen LogP contribution in [0, 0.1) is 0 Å². The second kappa shape index (κ2) is 5.99. The Morgan fingerprint density at radius 2 is 1.90 bits per heavy atom. The minimum atomic E-state index is -2.99. The molecule has 2 fully saturated rings. The van der Waals surface area contributed by atoms with Crippen LogP contribution in [-0.2, 0) is 14.6 Å². The Morgan fingerprint density at radius 3 is 2.50 bits per heavy atom. The van der Waals surface area contributed by atoms with E-state index in [0.29, 0.717) is 19.5 Å². The summed E-state index contributed by atoms with van der Waals surface area (Å²) in [5.74, 6) is 0.0768. The van der Waals surface area contributed by atoms with Crippen LogP contribution >= 0.6 is 0 Å². The number of amides is 3. The van der Waals surface area contributed by atoms with E-state index in [2.05, 4.69) is 10.6 Å². The molecular weight excluding hydrogens is 282 g/mol. The molecule has 0 radical (unpaired) electrons. The summed E-state index contributed by atoms with van der Waals surface area (Å²) < 4.78 is 22.7. The standard InChI is InChI=1S/C12H21N3O4S/c1-9(16)13-10-3-2-5-15(7-10)12(17)14-11-4-6-20(18,19)8-11/h10-11H,2-8H2,1H3,(H,13,16)(H,14,17)/t10-,11-/m1/s1. The van der Waals surface area contributed by atoms with Gasteiger partial charge in [-0.15, -0.1) is 0 Å². The first-order valence-electron chi connectivity index (χ1n) is 6.89. The minimum absolute atomic E-state index is 0.0145. The number of piperidine rings is 1. The van der Waals surface area contributed by atoms with E-state index in [0.717, 1.165) is 12.8 Å². The molecule has 0 saturated carbocycles. The average molecular weight is 303 g/mol. The molecule has 2 saturated heterocycles. The molecule has 2 rings (SSSR count). The Balaban J connectivity index is 1.84. The van der Waals surface area contributed by atoms with E-state index in [9.17, 15) is 18.0 Å². The van der Waals surface area contributed by atoms with Crippen LogP contribution in [0.15, 0.2) is 0 Å². The largest absolute Gasteiger partial charge is 0.352 e. The zero-order valence-corrected chi connectivity index (χ0v) is 12.4. The predicted molar refractivity (Wildman–Crippen MR) is 74.0 cm³/mol. The van der Waals surface area contributed by atoms with Crippen LogP contribution < -0.4 is 10.6 Å². The van der Waals surface area contributed by atoms with Gasteiger partial charge in [0.1, 0.15) is 0 Å². The quantitative estimate of drug-likeness (QED) is 0.718. The highest BCUT2D eigenvalue weighted by Crippen LogP contribution is 2.14. The van der Waals surface area contributed by atoms with Gasteiger partial charge in [0.15, 0.2) is 9.84 Å². The molecule has 2 N–H and O–H groups in total. The second-order valence-corrected chi connectivity index (χ2v) is 7.76. The van der Waals surface area contributed by atoms with E-state index < -0.39 is 9.84 Å². The summed E-state index contributed by atoms with van der Waals surface area (Å²) in [6.45, 7) is 2.58. The fraction of sp³-hybridized carbons (Fsp3) is 0.833. The lowest BCUT2D eigenvalue weighted by atomic mass is 10.1. The summed E-state index contributed by atoms with van der Waals surface area (Å²) in [7, 11) is -2.99. The zero-order valence-electron chi connectivity index (χ0n) is 11.6. The number of likely N-dealkylation sites (tertiary alicyclic amines) is 1. The van der Waals surface area contributed by atoms with Crippen LogP contribution in [0.4, 0.5) is 4.79 Å². The van der Waals surface area contributed by atoms with E-state index in [1.165, 1.54) is 6.92 Å². The van der Waals surface area contributed by atoms with Crippen LogP contribution in [-0.4, -0.2) is 61.9 Å². The number of carbonyl (C=O) groups excluding carboxylic acids is 2. The number of nitrogens with zero attached hydrogens (tertiary/aromatic N) is 1. The fourth-order valence-corrected chi connectivity index (χ4v) is 4.41. The molecule has 2 heterocycles. The zero-order chi connectivity index (χ0) is 14.8. The van der Waals surface area contributed by atoms with E-state index in [1.807, 2.05) is 0 Å². The first-order valence-corrected chi connectivity index (χ1v) is 8.71. The lowest BCUT2D eigenvalue weighted by molar-refractivity contribution is -0.119. The Bertz CT molecular complexity index is 491. The number of carbonyl (C=O) groups is 2. The highest BCUT2D eigenvalue weighted by Gasteiger charge is 2.31. The summed E-state index contributed by atoms with van der Waals surface area (Å²) >= 11 is 0. The van der Waals surface area contributed by atoms with Gasteiger partial charge in [-0.25, -0.2) is 13.2 Å². The molecule has 0 bridgehead atoms. The van der Waals surface area contributed by atoms with E-state index in [4.69, 9.17) is 0 Å². The lowest BCUT2D eigenvalue weighted by Gasteiger charge is -2.33. The van der Waals surface area contributed by atoms with E-state index in [-0.39, 0.29) is 35.5 Å². The molecule has 3 amide bonds. The highest BCUT2D eigenvalue weighted by atomic mass is 32.2. The molecule has 2 atom stereocenters. The van der Waals surface area contributed by atoms with Gasteiger partial charge in [-0.1, -0.05) is 0 Å². The second-order valence-electron chi connectivity index (χ2n) is 5.54. The predicted octanol–water partition coefficient (Wildman–Crippen LogP) is -0.516. The molecule has 2 aliphatic rings. The third-order valence-electron chi connectivity index (χ3n) is 3.68. The third-order valence-corrected chi connectivity index (χ3v) is 5.44. The highest BCUT2D eigenvalue weighted by molar-refractivity contribution is 7.91. The van der Waals surface area contributed by atoms with Crippen LogP contribution in [0.5, 0.6) is 0 Å². The Kier molecular flexibility index (Phi) is 4.52. The lowest BCUT2D eigenvalue weighted by Crippen LogP contribution is -2.53. The van der Waals surface area contributed by atoms with Gasteiger partial charge in [0.25, 0.3) is 0 Å². The van der Waals surface area contributed by atoms with Crippen molar-refractivity contribution >= 4 is 21.8 Å². The topological polar surface area (TPSA) is 95.6 Å². The van der Waals surface area contributed by atoms with Gasteiger partial charge in [0, 0.05) is 32.1 Å². The molecule has 2 aliphatic heterocycles. The summed E-state index contributed by atoms with van der Waals surface area (Å²) in [5.41, 5.74) is 0. The van der Waals surface area contributed by atoms with Gasteiger partial charge in [-0.2, -0.15) is 0 Å². The van der Waals surface area contributed by atoms with Gasteiger partial charge in [-0.05, 0) is 19.3 Å². The number of hydrogen-bond acceptors (Lipinski definition) is 4. The molecule has 0 aliphatic carbocycles. The summed E-state index contributed by atoms with van der Waals surface area (Å²) in [4.78, 5) is 24.8. The Hall–Kier alpha value is -1.31. The van der Waals surface area contributed by atoms with E-state index in [1.54, 1.807) is 4.90 Å². The van der Waals surface area contributed by atoms with Crippen molar-refractivity contribution in [2.75, 3.05) is 24.6 Å². The van der Waals surface area contributed by atoms with Gasteiger partial charge in [0.2, 0.25) is 5.91 Å². The fourth-order valence-electron chi connectivity index (χ4n) is 2.74. The summed E-state index contributed by atoms with van der Waals surface area (Å²) in [6.07, 6.45) is 2.18. The normalized spacial score (nSPS) is 28.9.